The van der Waals surface area contributed by atoms with E-state index in [1.165, 1.54) is 4.90 Å². The minimum absolute atomic E-state index is 0.229. The number of nitrogens with one attached hydrogen (secondary N) is 1. The van der Waals surface area contributed by atoms with Gasteiger partial charge < -0.3 is 25.2 Å². The van der Waals surface area contributed by atoms with E-state index in [0.717, 1.165) is 19.1 Å². The Morgan fingerprint density at radius 2 is 1.83 bits per heavy atom. The standard InChI is InChI=1S/C15H18F2N2O5/c1-15(23,14(21)22)8-18-13(20)9-6-10(16)12(11(17)7-9)19-2-4-24-5-3-19/h6-7,23H,2-5,8H2,1H3,(H,18,20)(H,21,22). The van der Waals surface area contributed by atoms with E-state index in [0.29, 0.717) is 26.3 Å². The lowest BCUT2D eigenvalue weighted by atomic mass is 10.1. The molecule has 0 spiro atoms. The summed E-state index contributed by atoms with van der Waals surface area (Å²) < 4.78 is 33.5. The second-order valence-electron chi connectivity index (χ2n) is 5.65. The average molecular weight is 344 g/mol. The Labute approximate surface area is 136 Å². The molecule has 9 heteroatoms. The summed E-state index contributed by atoms with van der Waals surface area (Å²) in [6.45, 7) is 1.77. The molecular formula is C15H18F2N2O5. The van der Waals surface area contributed by atoms with Crippen LogP contribution in [0.1, 0.15) is 17.3 Å². The number of carboxylic acid groups (broad SMARTS) is 1. The van der Waals surface area contributed by atoms with Crippen LogP contribution < -0.4 is 10.2 Å². The highest BCUT2D eigenvalue weighted by Gasteiger charge is 2.30. The second-order valence-corrected chi connectivity index (χ2v) is 5.65. The number of aliphatic hydroxyl groups is 1. The minimum atomic E-state index is -2.18. The Kier molecular flexibility index (Phi) is 5.35. The van der Waals surface area contributed by atoms with E-state index in [2.05, 4.69) is 5.32 Å². The first-order valence-corrected chi connectivity index (χ1v) is 7.28. The number of amides is 1. The molecule has 1 aliphatic rings. The van der Waals surface area contributed by atoms with E-state index in [9.17, 15) is 23.5 Å². The van der Waals surface area contributed by atoms with Gasteiger partial charge in [0.15, 0.2) is 5.60 Å². The van der Waals surface area contributed by atoms with Crippen LogP contribution in [-0.2, 0) is 9.53 Å². The van der Waals surface area contributed by atoms with Crippen LogP contribution in [0.3, 0.4) is 0 Å². The molecule has 0 aromatic heterocycles. The molecule has 7 nitrogen and oxygen atoms in total. The summed E-state index contributed by atoms with van der Waals surface area (Å²) in [6, 6.07) is 1.75. The maximum absolute atomic E-state index is 14.2. The summed E-state index contributed by atoms with van der Waals surface area (Å²) in [5.41, 5.74) is -2.71. The molecule has 24 heavy (non-hydrogen) atoms. The van der Waals surface area contributed by atoms with Crippen molar-refractivity contribution in [2.45, 2.75) is 12.5 Å². The highest BCUT2D eigenvalue weighted by molar-refractivity contribution is 5.95. The van der Waals surface area contributed by atoms with Crippen molar-refractivity contribution in [3.63, 3.8) is 0 Å². The molecule has 1 aromatic carbocycles. The number of halogens is 2. The van der Waals surface area contributed by atoms with Crippen molar-refractivity contribution in [1.29, 1.82) is 0 Å². The van der Waals surface area contributed by atoms with E-state index < -0.39 is 35.7 Å². The van der Waals surface area contributed by atoms with Gasteiger partial charge in [-0.3, -0.25) is 4.79 Å². The number of carbonyl (C=O) groups is 2. The fraction of sp³-hybridized carbons (Fsp3) is 0.467. The molecule has 3 N–H and O–H groups in total. The number of benzene rings is 1. The van der Waals surface area contributed by atoms with Crippen LogP contribution >= 0.6 is 0 Å². The summed E-state index contributed by atoms with van der Waals surface area (Å²) in [6.07, 6.45) is 0. The van der Waals surface area contributed by atoms with Gasteiger partial charge in [-0.1, -0.05) is 0 Å². The molecule has 1 saturated heterocycles. The topological polar surface area (TPSA) is 99.1 Å². The number of ether oxygens (including phenoxy) is 1. The number of rotatable bonds is 5. The van der Waals surface area contributed by atoms with E-state index >= 15 is 0 Å². The maximum Gasteiger partial charge on any atom is 0.337 e. The third-order valence-corrected chi connectivity index (χ3v) is 3.66. The summed E-state index contributed by atoms with van der Waals surface area (Å²) in [7, 11) is 0. The highest BCUT2D eigenvalue weighted by Crippen LogP contribution is 2.26. The number of anilines is 1. The molecule has 0 saturated carbocycles. The predicted octanol–water partition coefficient (Wildman–Crippen LogP) is 0.367. The van der Waals surface area contributed by atoms with Crippen molar-refractivity contribution >= 4 is 17.6 Å². The molecule has 1 amide bonds. The molecule has 1 unspecified atom stereocenters. The summed E-state index contributed by atoms with van der Waals surface area (Å²) in [5.74, 6) is -4.20. The van der Waals surface area contributed by atoms with Gasteiger partial charge in [-0.2, -0.15) is 0 Å². The van der Waals surface area contributed by atoms with Crippen LogP contribution in [0, 0.1) is 11.6 Å². The molecule has 1 heterocycles. The lowest BCUT2D eigenvalue weighted by Crippen LogP contribution is -2.46. The van der Waals surface area contributed by atoms with E-state index in [-0.39, 0.29) is 11.3 Å². The molecular weight excluding hydrogens is 326 g/mol. The van der Waals surface area contributed by atoms with Crippen LogP contribution in [0.2, 0.25) is 0 Å². The third kappa shape index (κ3) is 3.98. The normalized spacial score (nSPS) is 17.2. The van der Waals surface area contributed by atoms with Crippen LogP contribution in [0.15, 0.2) is 12.1 Å². The van der Waals surface area contributed by atoms with Gasteiger partial charge in [0.2, 0.25) is 0 Å². The number of hydrogen-bond acceptors (Lipinski definition) is 5. The van der Waals surface area contributed by atoms with Gasteiger partial charge in [-0.25, -0.2) is 13.6 Å². The van der Waals surface area contributed by atoms with Crippen LogP contribution in [0.4, 0.5) is 14.5 Å². The zero-order valence-corrected chi connectivity index (χ0v) is 13.0. The number of carboxylic acids is 1. The van der Waals surface area contributed by atoms with Crippen molar-refractivity contribution in [2.75, 3.05) is 37.7 Å². The van der Waals surface area contributed by atoms with E-state index in [1.54, 1.807) is 0 Å². The largest absolute Gasteiger partial charge is 0.479 e. The Bertz CT molecular complexity index is 622. The average Bonchev–Trinajstić information content (AvgIpc) is 2.52. The van der Waals surface area contributed by atoms with Crippen molar-refractivity contribution in [1.82, 2.24) is 5.32 Å². The lowest BCUT2D eigenvalue weighted by molar-refractivity contribution is -0.155. The fourth-order valence-corrected chi connectivity index (χ4v) is 2.22. The van der Waals surface area contributed by atoms with Crippen LogP contribution in [0.5, 0.6) is 0 Å². The zero-order chi connectivity index (χ0) is 17.9. The quantitative estimate of drug-likeness (QED) is 0.714. The minimum Gasteiger partial charge on any atom is -0.479 e. The molecule has 1 fully saturated rings. The third-order valence-electron chi connectivity index (χ3n) is 3.66. The number of carbonyl (C=O) groups excluding carboxylic acids is 1. The molecule has 1 atom stereocenters. The first-order chi connectivity index (χ1) is 11.2. The highest BCUT2D eigenvalue weighted by atomic mass is 19.1. The van der Waals surface area contributed by atoms with Gasteiger partial charge in [-0.15, -0.1) is 0 Å². The van der Waals surface area contributed by atoms with Gasteiger partial charge in [0.05, 0.1) is 19.8 Å². The molecule has 1 aliphatic heterocycles. The lowest BCUT2D eigenvalue weighted by Gasteiger charge is -2.29. The summed E-state index contributed by atoms with van der Waals surface area (Å²) in [4.78, 5) is 24.2. The summed E-state index contributed by atoms with van der Waals surface area (Å²) in [5, 5.41) is 20.4. The number of aliphatic carboxylic acids is 1. The smallest absolute Gasteiger partial charge is 0.337 e. The van der Waals surface area contributed by atoms with Crippen molar-refractivity contribution < 1.29 is 33.3 Å². The second kappa shape index (κ2) is 7.10. The van der Waals surface area contributed by atoms with Crippen LogP contribution in [-0.4, -0.2) is 60.5 Å². The number of morpholine rings is 1. The Morgan fingerprint density at radius 1 is 1.29 bits per heavy atom. The molecule has 0 aliphatic carbocycles. The Balaban J connectivity index is 2.14. The SMILES string of the molecule is CC(O)(CNC(=O)c1cc(F)c(N2CCOCC2)c(F)c1)C(=O)O. The summed E-state index contributed by atoms with van der Waals surface area (Å²) >= 11 is 0. The first-order valence-electron chi connectivity index (χ1n) is 7.28. The van der Waals surface area contributed by atoms with Gasteiger partial charge in [0, 0.05) is 18.7 Å². The van der Waals surface area contributed by atoms with E-state index in [4.69, 9.17) is 9.84 Å². The number of hydrogen-bond donors (Lipinski definition) is 3. The monoisotopic (exact) mass is 344 g/mol. The Morgan fingerprint density at radius 3 is 2.33 bits per heavy atom. The molecule has 132 valence electrons. The van der Waals surface area contributed by atoms with Gasteiger partial charge in [0.25, 0.3) is 5.91 Å². The van der Waals surface area contributed by atoms with Gasteiger partial charge in [-0.05, 0) is 19.1 Å². The van der Waals surface area contributed by atoms with E-state index in [1.807, 2.05) is 0 Å². The molecule has 1 aromatic rings. The fourth-order valence-electron chi connectivity index (χ4n) is 2.22. The molecule has 0 radical (unpaired) electrons. The predicted molar refractivity (Wildman–Crippen MR) is 80.0 cm³/mol. The Hall–Kier alpha value is -2.26. The van der Waals surface area contributed by atoms with Crippen molar-refractivity contribution in [3.05, 3.63) is 29.3 Å². The van der Waals surface area contributed by atoms with Crippen molar-refractivity contribution in [2.24, 2.45) is 0 Å². The molecule has 2 rings (SSSR count). The van der Waals surface area contributed by atoms with Gasteiger partial charge >= 0.3 is 5.97 Å². The zero-order valence-electron chi connectivity index (χ0n) is 13.0. The first kappa shape index (κ1) is 18.1. The molecule has 0 bridgehead atoms. The van der Waals surface area contributed by atoms with Crippen molar-refractivity contribution in [3.8, 4) is 0 Å². The van der Waals surface area contributed by atoms with Gasteiger partial charge in [0.1, 0.15) is 17.3 Å². The maximum atomic E-state index is 14.2. The van der Waals surface area contributed by atoms with Crippen LogP contribution in [0.25, 0.3) is 0 Å². The number of nitrogens with zero attached hydrogens (tertiary/aromatic N) is 1.